The highest BCUT2D eigenvalue weighted by atomic mass is 32.2. The van der Waals surface area contributed by atoms with E-state index in [0.717, 1.165) is 31.3 Å². The van der Waals surface area contributed by atoms with Gasteiger partial charge in [0.2, 0.25) is 0 Å². The number of aryl methyl sites for hydroxylation is 1. The number of amides is 1. The van der Waals surface area contributed by atoms with Gasteiger partial charge >= 0.3 is 0 Å². The minimum Gasteiger partial charge on any atom is -0.338 e. The molecule has 1 saturated heterocycles. The van der Waals surface area contributed by atoms with Crippen molar-refractivity contribution < 1.29 is 13.2 Å². The molecule has 2 heterocycles. The fraction of sp³-hybridized carbons (Fsp3) is 0.214. The van der Waals surface area contributed by atoms with Gasteiger partial charge < -0.3 is 4.90 Å². The maximum absolute atomic E-state index is 13.1. The Kier molecular flexibility index (Phi) is 6.16. The Morgan fingerprint density at radius 2 is 1.59 bits per heavy atom. The number of sulfone groups is 1. The molecule has 4 aromatic rings. The molecule has 172 valence electrons. The van der Waals surface area contributed by atoms with Crippen LogP contribution in [0.2, 0.25) is 0 Å². The summed E-state index contributed by atoms with van der Waals surface area (Å²) in [6, 6.07) is 26.2. The van der Waals surface area contributed by atoms with Crippen LogP contribution in [0.1, 0.15) is 27.9 Å². The van der Waals surface area contributed by atoms with Gasteiger partial charge in [-0.05, 0) is 54.2 Å². The van der Waals surface area contributed by atoms with Gasteiger partial charge in [-0.1, -0.05) is 60.7 Å². The van der Waals surface area contributed by atoms with Crippen LogP contribution in [0.15, 0.2) is 96.0 Å². The average molecular weight is 471 g/mol. The lowest BCUT2D eigenvalue weighted by molar-refractivity contribution is 0.0486. The number of nitrogens with zero attached hydrogens (tertiary/aromatic N) is 2. The van der Waals surface area contributed by atoms with E-state index in [1.807, 2.05) is 23.1 Å². The number of hydrogen-bond acceptors (Lipinski definition) is 4. The molecule has 0 spiro atoms. The number of hydrogen-bond donors (Lipinski definition) is 0. The predicted molar refractivity (Wildman–Crippen MR) is 133 cm³/mol. The van der Waals surface area contributed by atoms with Crippen LogP contribution >= 0.6 is 0 Å². The number of pyridine rings is 1. The number of likely N-dealkylation sites (tertiary alicyclic amines) is 1. The first-order valence-corrected chi connectivity index (χ1v) is 13.1. The number of carbonyl (C=O) groups is 1. The van der Waals surface area contributed by atoms with Gasteiger partial charge in [0.15, 0.2) is 9.84 Å². The molecule has 6 heteroatoms. The second-order valence-corrected chi connectivity index (χ2v) is 10.8. The molecule has 0 radical (unpaired) electrons. The predicted octanol–water partition coefficient (Wildman–Crippen LogP) is 4.91. The topological polar surface area (TPSA) is 67.3 Å². The van der Waals surface area contributed by atoms with Crippen molar-refractivity contribution in [3.63, 3.8) is 0 Å². The zero-order chi connectivity index (χ0) is 23.5. The molecular weight excluding hydrogens is 444 g/mol. The maximum atomic E-state index is 13.1. The van der Waals surface area contributed by atoms with Gasteiger partial charge in [-0.2, -0.15) is 0 Å². The van der Waals surface area contributed by atoms with Crippen LogP contribution in [0.5, 0.6) is 0 Å². The van der Waals surface area contributed by atoms with Gasteiger partial charge in [0.1, 0.15) is 0 Å². The largest absolute Gasteiger partial charge is 0.338 e. The highest BCUT2D eigenvalue weighted by Crippen LogP contribution is 2.26. The Bertz CT molecular complexity index is 1410. The number of fused-ring (bicyclic) bond motifs is 1. The lowest BCUT2D eigenvalue weighted by atomic mass is 9.92. The Balaban J connectivity index is 1.20. The van der Waals surface area contributed by atoms with Gasteiger partial charge in [-0.25, -0.2) is 8.42 Å². The van der Waals surface area contributed by atoms with E-state index >= 15 is 0 Å². The second-order valence-electron chi connectivity index (χ2n) is 8.89. The van der Waals surface area contributed by atoms with Gasteiger partial charge in [-0.15, -0.1) is 0 Å². The van der Waals surface area contributed by atoms with Gasteiger partial charge in [0.25, 0.3) is 5.91 Å². The van der Waals surface area contributed by atoms with E-state index in [1.165, 1.54) is 5.56 Å². The van der Waals surface area contributed by atoms with Crippen LogP contribution in [0.25, 0.3) is 10.9 Å². The first-order chi connectivity index (χ1) is 16.5. The van der Waals surface area contributed by atoms with Crippen molar-refractivity contribution in [2.45, 2.75) is 23.5 Å². The lowest BCUT2D eigenvalue weighted by Crippen LogP contribution is -2.50. The molecule has 1 aromatic heterocycles. The van der Waals surface area contributed by atoms with Crippen LogP contribution in [0.4, 0.5) is 0 Å². The van der Waals surface area contributed by atoms with E-state index in [0.29, 0.717) is 22.6 Å². The SMILES string of the molecule is O=C(c1ccc(CS(=O)(=O)c2cccc3cccnc23)cc1)N1CC(CCc2ccccc2)C1. The van der Waals surface area contributed by atoms with Crippen molar-refractivity contribution >= 4 is 26.6 Å². The summed E-state index contributed by atoms with van der Waals surface area (Å²) in [4.78, 5) is 19.2. The van der Waals surface area contributed by atoms with Gasteiger partial charge in [0.05, 0.1) is 16.2 Å². The third-order valence-corrected chi connectivity index (χ3v) is 8.13. The van der Waals surface area contributed by atoms with Crippen LogP contribution in [0.3, 0.4) is 0 Å². The Morgan fingerprint density at radius 3 is 2.35 bits per heavy atom. The third kappa shape index (κ3) is 4.73. The van der Waals surface area contributed by atoms with Crippen LogP contribution in [-0.2, 0) is 22.0 Å². The maximum Gasteiger partial charge on any atom is 0.253 e. The molecule has 0 bridgehead atoms. The summed E-state index contributed by atoms with van der Waals surface area (Å²) in [6.45, 7) is 1.55. The molecule has 5 nitrogen and oxygen atoms in total. The average Bonchev–Trinajstić information content (AvgIpc) is 2.83. The van der Waals surface area contributed by atoms with Crippen molar-refractivity contribution in [1.29, 1.82) is 0 Å². The molecule has 0 saturated carbocycles. The fourth-order valence-corrected chi connectivity index (χ4v) is 6.02. The third-order valence-electron chi connectivity index (χ3n) is 6.42. The minimum atomic E-state index is -3.58. The Morgan fingerprint density at radius 1 is 0.853 bits per heavy atom. The second kappa shape index (κ2) is 9.39. The number of para-hydroxylation sites is 1. The molecule has 0 atom stereocenters. The van der Waals surface area contributed by atoms with E-state index in [1.54, 1.807) is 48.7 Å². The van der Waals surface area contributed by atoms with Gasteiger partial charge in [-0.3, -0.25) is 9.78 Å². The van der Waals surface area contributed by atoms with Crippen LogP contribution < -0.4 is 0 Å². The zero-order valence-corrected chi connectivity index (χ0v) is 19.6. The highest BCUT2D eigenvalue weighted by molar-refractivity contribution is 7.90. The normalized spacial score (nSPS) is 14.2. The molecule has 1 aliphatic rings. The van der Waals surface area contributed by atoms with E-state index in [9.17, 15) is 13.2 Å². The van der Waals surface area contributed by atoms with Crippen molar-refractivity contribution in [1.82, 2.24) is 9.88 Å². The first-order valence-electron chi connectivity index (χ1n) is 11.5. The van der Waals surface area contributed by atoms with E-state index in [-0.39, 0.29) is 16.6 Å². The Hall–Kier alpha value is -3.51. The monoisotopic (exact) mass is 470 g/mol. The van der Waals surface area contributed by atoms with Crippen LogP contribution in [0, 0.1) is 5.92 Å². The summed E-state index contributed by atoms with van der Waals surface area (Å²) >= 11 is 0. The smallest absolute Gasteiger partial charge is 0.253 e. The van der Waals surface area contributed by atoms with Crippen molar-refractivity contribution in [3.8, 4) is 0 Å². The molecule has 1 amide bonds. The number of carbonyl (C=O) groups excluding carboxylic acids is 1. The zero-order valence-electron chi connectivity index (χ0n) is 18.8. The number of rotatable bonds is 7. The summed E-state index contributed by atoms with van der Waals surface area (Å²) in [7, 11) is -3.58. The molecule has 3 aromatic carbocycles. The summed E-state index contributed by atoms with van der Waals surface area (Å²) in [6.07, 6.45) is 3.71. The fourth-order valence-electron chi connectivity index (χ4n) is 4.48. The number of aromatic nitrogens is 1. The molecule has 0 aliphatic carbocycles. The quantitative estimate of drug-likeness (QED) is 0.385. The molecule has 34 heavy (non-hydrogen) atoms. The van der Waals surface area contributed by atoms with Crippen molar-refractivity contribution in [3.05, 3.63) is 108 Å². The summed E-state index contributed by atoms with van der Waals surface area (Å²) < 4.78 is 26.2. The van der Waals surface area contributed by atoms with Crippen molar-refractivity contribution in [2.24, 2.45) is 5.92 Å². The van der Waals surface area contributed by atoms with Crippen LogP contribution in [-0.4, -0.2) is 37.3 Å². The van der Waals surface area contributed by atoms with E-state index < -0.39 is 9.84 Å². The standard InChI is InChI=1S/C28H26N2O3S/c31-28(30-18-23(19-30)12-11-21-6-2-1-3-7-21)25-15-13-22(14-16-25)20-34(32,33)26-10-4-8-24-9-5-17-29-27(24)26/h1-10,13-17,23H,11-12,18-20H2. The lowest BCUT2D eigenvalue weighted by Gasteiger charge is -2.39. The molecule has 1 aliphatic heterocycles. The number of benzene rings is 3. The molecule has 5 rings (SSSR count). The highest BCUT2D eigenvalue weighted by Gasteiger charge is 2.30. The first kappa shape index (κ1) is 22.3. The summed E-state index contributed by atoms with van der Waals surface area (Å²) in [5, 5.41) is 0.793. The van der Waals surface area contributed by atoms with Crippen molar-refractivity contribution in [2.75, 3.05) is 13.1 Å². The minimum absolute atomic E-state index is 0.00335. The van der Waals surface area contributed by atoms with E-state index in [2.05, 4.69) is 29.2 Å². The Labute approximate surface area is 200 Å². The molecular formula is C28H26N2O3S. The summed E-state index contributed by atoms with van der Waals surface area (Å²) in [5.41, 5.74) is 3.05. The van der Waals surface area contributed by atoms with Gasteiger partial charge in [0, 0.05) is 30.2 Å². The molecule has 1 fully saturated rings. The van der Waals surface area contributed by atoms with E-state index in [4.69, 9.17) is 0 Å². The molecule has 0 unspecified atom stereocenters. The molecule has 0 N–H and O–H groups in total. The summed E-state index contributed by atoms with van der Waals surface area (Å²) in [5.74, 6) is 0.397.